The molecule has 1 fully saturated rings. The Hall–Kier alpha value is -2.50. The van der Waals surface area contributed by atoms with E-state index in [1.807, 2.05) is 36.4 Å². The minimum absolute atomic E-state index is 0.410. The molecule has 0 saturated carbocycles. The molecule has 2 aromatic rings. The highest BCUT2D eigenvalue weighted by atomic mass is 16.6. The van der Waals surface area contributed by atoms with Gasteiger partial charge in [0.05, 0.1) is 0 Å². The predicted octanol–water partition coefficient (Wildman–Crippen LogP) is 3.96. The van der Waals surface area contributed by atoms with Crippen LogP contribution in [0.25, 0.3) is 0 Å². The van der Waals surface area contributed by atoms with Crippen molar-refractivity contribution >= 4 is 12.3 Å². The third kappa shape index (κ3) is 5.25. The second kappa shape index (κ2) is 9.44. The number of hydrogen-bond donors (Lipinski definition) is 1. The van der Waals surface area contributed by atoms with Gasteiger partial charge in [0, 0.05) is 12.1 Å². The first-order valence-electron chi connectivity index (χ1n) is 9.42. The van der Waals surface area contributed by atoms with Crippen molar-refractivity contribution < 1.29 is 19.5 Å². The van der Waals surface area contributed by atoms with E-state index < -0.39 is 18.1 Å². The van der Waals surface area contributed by atoms with Crippen LogP contribution in [-0.2, 0) is 16.0 Å². The minimum atomic E-state index is -0.618. The minimum Gasteiger partial charge on any atom is -0.456 e. The van der Waals surface area contributed by atoms with Crippen molar-refractivity contribution in [2.24, 2.45) is 0 Å². The Morgan fingerprint density at radius 1 is 1.19 bits per heavy atom. The molecular weight excluding hydrogens is 342 g/mol. The fourth-order valence-corrected chi connectivity index (χ4v) is 3.44. The molecule has 0 spiro atoms. The van der Waals surface area contributed by atoms with Crippen LogP contribution in [0, 0.1) is 0 Å². The summed E-state index contributed by atoms with van der Waals surface area (Å²) < 4.78 is 5.81. The van der Waals surface area contributed by atoms with E-state index in [4.69, 9.17) is 4.74 Å². The maximum absolute atomic E-state index is 12.7. The summed E-state index contributed by atoms with van der Waals surface area (Å²) in [6.45, 7) is 0.481. The third-order valence-corrected chi connectivity index (χ3v) is 4.96. The number of carbonyl (C=O) groups excluding carboxylic acids is 2. The molecule has 0 aromatic heterocycles. The zero-order valence-corrected chi connectivity index (χ0v) is 15.3. The Balaban J connectivity index is 1.75. The number of ether oxygens (including phenoxy) is 1. The lowest BCUT2D eigenvalue weighted by atomic mass is 9.99. The summed E-state index contributed by atoms with van der Waals surface area (Å²) in [5, 5.41) is 11.1. The van der Waals surface area contributed by atoms with Gasteiger partial charge in [-0.15, -0.1) is 0 Å². The zero-order valence-electron chi connectivity index (χ0n) is 15.3. The van der Waals surface area contributed by atoms with Gasteiger partial charge in [0.2, 0.25) is 0 Å². The number of esters is 1. The molecule has 27 heavy (non-hydrogen) atoms. The van der Waals surface area contributed by atoms with Crippen LogP contribution < -0.4 is 0 Å². The number of benzene rings is 2. The van der Waals surface area contributed by atoms with Gasteiger partial charge in [0.15, 0.2) is 0 Å². The molecular formula is C22H25NO4. The summed E-state index contributed by atoms with van der Waals surface area (Å²) in [6, 6.07) is 16.5. The molecule has 2 atom stereocenters. The van der Waals surface area contributed by atoms with E-state index in [-0.39, 0.29) is 0 Å². The Kier molecular flexibility index (Phi) is 6.74. The van der Waals surface area contributed by atoms with Crippen molar-refractivity contribution in [3.05, 3.63) is 71.3 Å². The lowest BCUT2D eigenvalue weighted by Crippen LogP contribution is -2.43. The molecule has 1 N–H and O–H groups in total. The van der Waals surface area contributed by atoms with E-state index in [1.165, 1.54) is 0 Å². The SMILES string of the molecule is O=Cc1cccc([C@@H](CCc2ccccc2)OC(=O)C2CCCCN2O)c1. The van der Waals surface area contributed by atoms with Gasteiger partial charge in [-0.1, -0.05) is 48.5 Å². The van der Waals surface area contributed by atoms with Crippen LogP contribution in [0.3, 0.4) is 0 Å². The molecule has 5 nitrogen and oxygen atoms in total. The van der Waals surface area contributed by atoms with E-state index in [0.29, 0.717) is 24.9 Å². The number of hydrogen-bond acceptors (Lipinski definition) is 5. The van der Waals surface area contributed by atoms with Crippen molar-refractivity contribution in [3.8, 4) is 0 Å². The fraction of sp³-hybridized carbons (Fsp3) is 0.364. The van der Waals surface area contributed by atoms with Crippen LogP contribution >= 0.6 is 0 Å². The largest absolute Gasteiger partial charge is 0.456 e. The Labute approximate surface area is 159 Å². The lowest BCUT2D eigenvalue weighted by Gasteiger charge is -2.30. The number of aldehydes is 1. The van der Waals surface area contributed by atoms with E-state index >= 15 is 0 Å². The van der Waals surface area contributed by atoms with Gasteiger partial charge in [-0.05, 0) is 49.3 Å². The lowest BCUT2D eigenvalue weighted by molar-refractivity contribution is -0.186. The number of piperidine rings is 1. The first-order valence-corrected chi connectivity index (χ1v) is 9.42. The van der Waals surface area contributed by atoms with Crippen molar-refractivity contribution in [1.82, 2.24) is 5.06 Å². The first-order chi connectivity index (χ1) is 13.2. The molecule has 3 rings (SSSR count). The molecule has 142 valence electrons. The van der Waals surface area contributed by atoms with Gasteiger partial charge in [-0.25, -0.2) is 0 Å². The van der Waals surface area contributed by atoms with Gasteiger partial charge in [-0.2, -0.15) is 5.06 Å². The molecule has 2 aromatic carbocycles. The summed E-state index contributed by atoms with van der Waals surface area (Å²) in [6.07, 6.45) is 4.04. The predicted molar refractivity (Wildman–Crippen MR) is 102 cm³/mol. The smallest absolute Gasteiger partial charge is 0.326 e. The second-order valence-corrected chi connectivity index (χ2v) is 6.91. The summed E-state index contributed by atoms with van der Waals surface area (Å²) in [7, 11) is 0. The molecule has 0 amide bonds. The van der Waals surface area contributed by atoms with Crippen LogP contribution in [0.1, 0.15) is 53.3 Å². The highest BCUT2D eigenvalue weighted by molar-refractivity contribution is 5.76. The molecule has 5 heteroatoms. The molecule has 1 unspecified atom stereocenters. The average molecular weight is 367 g/mol. The van der Waals surface area contributed by atoms with Crippen LogP contribution in [0.15, 0.2) is 54.6 Å². The Morgan fingerprint density at radius 2 is 2.00 bits per heavy atom. The highest BCUT2D eigenvalue weighted by Crippen LogP contribution is 2.26. The molecule has 1 aliphatic rings. The molecule has 1 heterocycles. The second-order valence-electron chi connectivity index (χ2n) is 6.91. The maximum atomic E-state index is 12.7. The van der Waals surface area contributed by atoms with Crippen LogP contribution in [0.2, 0.25) is 0 Å². The molecule has 1 aliphatic heterocycles. The van der Waals surface area contributed by atoms with Crippen molar-refractivity contribution in [2.75, 3.05) is 6.54 Å². The average Bonchev–Trinajstić information content (AvgIpc) is 2.72. The molecule has 0 aliphatic carbocycles. The third-order valence-electron chi connectivity index (χ3n) is 4.96. The summed E-state index contributed by atoms with van der Waals surface area (Å²) in [5.41, 5.74) is 2.51. The number of hydroxylamine groups is 2. The van der Waals surface area contributed by atoms with E-state index in [2.05, 4.69) is 0 Å². The van der Waals surface area contributed by atoms with E-state index in [1.54, 1.807) is 18.2 Å². The monoisotopic (exact) mass is 367 g/mol. The Morgan fingerprint density at radius 3 is 2.74 bits per heavy atom. The molecule has 1 saturated heterocycles. The van der Waals surface area contributed by atoms with E-state index in [0.717, 1.165) is 41.7 Å². The van der Waals surface area contributed by atoms with Crippen molar-refractivity contribution in [3.63, 3.8) is 0 Å². The van der Waals surface area contributed by atoms with Crippen LogP contribution in [0.4, 0.5) is 0 Å². The van der Waals surface area contributed by atoms with Gasteiger partial charge in [0.1, 0.15) is 18.4 Å². The topological polar surface area (TPSA) is 66.8 Å². The van der Waals surface area contributed by atoms with Gasteiger partial charge in [0.25, 0.3) is 0 Å². The molecule has 0 bridgehead atoms. The van der Waals surface area contributed by atoms with Crippen LogP contribution in [0.5, 0.6) is 0 Å². The normalized spacial score (nSPS) is 18.6. The summed E-state index contributed by atoms with van der Waals surface area (Å²) in [4.78, 5) is 23.8. The van der Waals surface area contributed by atoms with Gasteiger partial charge < -0.3 is 9.94 Å². The Bertz CT molecular complexity index is 762. The zero-order chi connectivity index (χ0) is 19.1. The van der Waals surface area contributed by atoms with E-state index in [9.17, 15) is 14.8 Å². The number of aryl methyl sites for hydroxylation is 1. The standard InChI is InChI=1S/C22H25NO4/c24-16-18-9-6-10-19(15-18)21(13-12-17-7-2-1-3-8-17)27-22(25)20-11-4-5-14-23(20)26/h1-3,6-10,15-16,20-21,26H,4-5,11-14H2/t20?,21-/m1/s1. The fourth-order valence-electron chi connectivity index (χ4n) is 3.44. The number of nitrogens with zero attached hydrogens (tertiary/aromatic N) is 1. The number of carbonyl (C=O) groups is 2. The number of rotatable bonds is 7. The maximum Gasteiger partial charge on any atom is 0.326 e. The highest BCUT2D eigenvalue weighted by Gasteiger charge is 2.31. The summed E-state index contributed by atoms with van der Waals surface area (Å²) in [5.74, 6) is -0.410. The van der Waals surface area contributed by atoms with Gasteiger partial charge >= 0.3 is 5.97 Å². The van der Waals surface area contributed by atoms with Crippen molar-refractivity contribution in [2.45, 2.75) is 44.2 Å². The first kappa shape index (κ1) is 19.3. The quantitative estimate of drug-likeness (QED) is 0.593. The van der Waals surface area contributed by atoms with Crippen molar-refractivity contribution in [1.29, 1.82) is 0 Å². The summed E-state index contributed by atoms with van der Waals surface area (Å²) >= 11 is 0. The van der Waals surface area contributed by atoms with Gasteiger partial charge in [-0.3, -0.25) is 9.59 Å². The molecule has 0 radical (unpaired) electrons. The van der Waals surface area contributed by atoms with Crippen LogP contribution in [-0.4, -0.2) is 35.1 Å².